The zero-order valence-corrected chi connectivity index (χ0v) is 17.3. The number of hydrogen-bond donors (Lipinski definition) is 2. The Labute approximate surface area is 169 Å². The Balaban J connectivity index is 1.81. The molecule has 0 aliphatic heterocycles. The molecule has 0 fully saturated rings. The number of rotatable bonds is 6. The third kappa shape index (κ3) is 4.61. The summed E-state index contributed by atoms with van der Waals surface area (Å²) in [5.41, 5.74) is 2.59. The maximum Gasteiger partial charge on any atom is 0.319 e. The molecule has 3 aromatic rings. The van der Waals surface area contributed by atoms with Crippen LogP contribution in [0.3, 0.4) is 0 Å². The van der Waals surface area contributed by atoms with Gasteiger partial charge in [0.1, 0.15) is 5.25 Å². The second-order valence-electron chi connectivity index (χ2n) is 6.50. The van der Waals surface area contributed by atoms with Gasteiger partial charge in [-0.05, 0) is 60.7 Å². The van der Waals surface area contributed by atoms with Gasteiger partial charge in [-0.2, -0.15) is 0 Å². The number of aryl methyl sites for hydroxylation is 2. The first-order valence-electron chi connectivity index (χ1n) is 8.82. The van der Waals surface area contributed by atoms with Gasteiger partial charge in [0.2, 0.25) is 0 Å². The highest BCUT2D eigenvalue weighted by Crippen LogP contribution is 2.32. The van der Waals surface area contributed by atoms with E-state index in [1.807, 2.05) is 49.6 Å². The van der Waals surface area contributed by atoms with E-state index in [-0.39, 0.29) is 11.4 Å². The van der Waals surface area contributed by atoms with Crippen LogP contribution in [0.4, 0.5) is 10.5 Å². The van der Waals surface area contributed by atoms with Crippen molar-refractivity contribution in [2.45, 2.75) is 24.0 Å². The molecule has 3 rings (SSSR count). The minimum Gasteiger partial charge on any atom is -0.336 e. The molecule has 5 nitrogen and oxygen atoms in total. The van der Waals surface area contributed by atoms with Crippen molar-refractivity contribution in [1.82, 2.24) is 5.32 Å². The molecule has 1 aromatic heterocycles. The number of amides is 2. The fourth-order valence-electron chi connectivity index (χ4n) is 2.78. The van der Waals surface area contributed by atoms with Crippen LogP contribution in [0.2, 0.25) is 0 Å². The third-order valence-electron chi connectivity index (χ3n) is 4.52. The highest BCUT2D eigenvalue weighted by molar-refractivity contribution is 7.91. The van der Waals surface area contributed by atoms with Crippen LogP contribution in [0.1, 0.15) is 21.3 Å². The van der Waals surface area contributed by atoms with Crippen molar-refractivity contribution in [2.75, 3.05) is 11.9 Å². The predicted molar refractivity (Wildman–Crippen MR) is 114 cm³/mol. The number of para-hydroxylation sites is 1. The van der Waals surface area contributed by atoms with Gasteiger partial charge < -0.3 is 10.6 Å². The second-order valence-corrected chi connectivity index (χ2v) is 9.61. The van der Waals surface area contributed by atoms with E-state index in [1.54, 1.807) is 30.3 Å². The largest absolute Gasteiger partial charge is 0.336 e. The summed E-state index contributed by atoms with van der Waals surface area (Å²) in [7, 11) is -3.66. The molecular formula is C21H22N2O3S2. The molecule has 0 unspecified atom stereocenters. The summed E-state index contributed by atoms with van der Waals surface area (Å²) >= 11 is 1.36. The Morgan fingerprint density at radius 1 is 1.00 bits per heavy atom. The molecule has 0 aliphatic carbocycles. The Bertz CT molecular complexity index is 1050. The Hall–Kier alpha value is -2.64. The average Bonchev–Trinajstić information content (AvgIpc) is 3.19. The van der Waals surface area contributed by atoms with Gasteiger partial charge in [0.15, 0.2) is 9.84 Å². The van der Waals surface area contributed by atoms with Gasteiger partial charge in [-0.15, -0.1) is 11.3 Å². The van der Waals surface area contributed by atoms with E-state index in [2.05, 4.69) is 10.6 Å². The third-order valence-corrected chi connectivity index (χ3v) is 7.74. The molecule has 28 heavy (non-hydrogen) atoms. The van der Waals surface area contributed by atoms with Crippen molar-refractivity contribution in [3.05, 3.63) is 82.0 Å². The number of anilines is 1. The van der Waals surface area contributed by atoms with Crippen molar-refractivity contribution in [3.8, 4) is 0 Å². The standard InChI is InChI=1S/C21H22N2O3S2/c1-15-10-11-18(13-16(15)2)28(25,26)20(19-9-6-12-27-19)14-22-21(24)23-17-7-4-3-5-8-17/h3-13,20H,14H2,1-2H3,(H2,22,23,24)/t20-/m1/s1. The van der Waals surface area contributed by atoms with E-state index in [4.69, 9.17) is 0 Å². The van der Waals surface area contributed by atoms with Crippen molar-refractivity contribution in [1.29, 1.82) is 0 Å². The van der Waals surface area contributed by atoms with E-state index in [0.29, 0.717) is 10.6 Å². The summed E-state index contributed by atoms with van der Waals surface area (Å²) in [6, 6.07) is 17.3. The predicted octanol–water partition coefficient (Wildman–Crippen LogP) is 4.70. The summed E-state index contributed by atoms with van der Waals surface area (Å²) in [6.07, 6.45) is 0. The number of thiophene rings is 1. The smallest absolute Gasteiger partial charge is 0.319 e. The van der Waals surface area contributed by atoms with Gasteiger partial charge >= 0.3 is 6.03 Å². The van der Waals surface area contributed by atoms with Crippen molar-refractivity contribution < 1.29 is 13.2 Å². The molecule has 2 amide bonds. The van der Waals surface area contributed by atoms with E-state index in [1.165, 1.54) is 11.3 Å². The molecule has 0 bridgehead atoms. The first-order chi connectivity index (χ1) is 13.4. The molecule has 0 saturated heterocycles. The fraction of sp³-hybridized carbons (Fsp3) is 0.190. The van der Waals surface area contributed by atoms with Gasteiger partial charge in [0, 0.05) is 17.1 Å². The number of urea groups is 1. The van der Waals surface area contributed by atoms with E-state index in [9.17, 15) is 13.2 Å². The molecule has 7 heteroatoms. The summed E-state index contributed by atoms with van der Waals surface area (Å²) in [5.74, 6) is 0. The van der Waals surface area contributed by atoms with Crippen LogP contribution in [-0.4, -0.2) is 21.0 Å². The molecule has 0 spiro atoms. The lowest BCUT2D eigenvalue weighted by molar-refractivity contribution is 0.252. The lowest BCUT2D eigenvalue weighted by Crippen LogP contribution is -2.34. The van der Waals surface area contributed by atoms with Crippen LogP contribution < -0.4 is 10.6 Å². The first kappa shape index (κ1) is 20.1. The quantitative estimate of drug-likeness (QED) is 0.614. The molecule has 2 aromatic carbocycles. The Morgan fingerprint density at radius 2 is 1.75 bits per heavy atom. The van der Waals surface area contributed by atoms with Crippen LogP contribution in [0.25, 0.3) is 0 Å². The second kappa shape index (κ2) is 8.58. The van der Waals surface area contributed by atoms with Crippen LogP contribution in [0.15, 0.2) is 70.9 Å². The highest BCUT2D eigenvalue weighted by Gasteiger charge is 2.30. The van der Waals surface area contributed by atoms with Gasteiger partial charge in [-0.1, -0.05) is 30.3 Å². The summed E-state index contributed by atoms with van der Waals surface area (Å²) in [5, 5.41) is 6.39. The van der Waals surface area contributed by atoms with Gasteiger partial charge in [-0.3, -0.25) is 0 Å². The maximum atomic E-state index is 13.3. The summed E-state index contributed by atoms with van der Waals surface area (Å²) < 4.78 is 26.6. The number of sulfone groups is 1. The van der Waals surface area contributed by atoms with Crippen molar-refractivity contribution in [2.24, 2.45) is 0 Å². The first-order valence-corrected chi connectivity index (χ1v) is 11.2. The zero-order chi connectivity index (χ0) is 20.1. The molecule has 0 radical (unpaired) electrons. The van der Waals surface area contributed by atoms with Crippen LogP contribution in [-0.2, 0) is 9.84 Å². The minimum atomic E-state index is -3.66. The molecule has 1 heterocycles. The summed E-state index contributed by atoms with van der Waals surface area (Å²) in [6.45, 7) is 3.81. The SMILES string of the molecule is Cc1ccc(S(=O)(=O)[C@H](CNC(=O)Nc2ccccc2)c2cccs2)cc1C. The zero-order valence-electron chi connectivity index (χ0n) is 15.7. The lowest BCUT2D eigenvalue weighted by Gasteiger charge is -2.18. The number of benzene rings is 2. The van der Waals surface area contributed by atoms with Crippen LogP contribution >= 0.6 is 11.3 Å². The number of carbonyl (C=O) groups excluding carboxylic acids is 1. The molecular weight excluding hydrogens is 392 g/mol. The number of hydrogen-bond acceptors (Lipinski definition) is 4. The highest BCUT2D eigenvalue weighted by atomic mass is 32.2. The van der Waals surface area contributed by atoms with Crippen LogP contribution in [0.5, 0.6) is 0 Å². The number of carbonyl (C=O) groups is 1. The van der Waals surface area contributed by atoms with Crippen molar-refractivity contribution >= 4 is 32.9 Å². The molecule has 0 aliphatic rings. The molecule has 1 atom stereocenters. The normalized spacial score (nSPS) is 12.4. The Morgan fingerprint density at radius 3 is 2.39 bits per heavy atom. The number of nitrogens with one attached hydrogen (secondary N) is 2. The lowest BCUT2D eigenvalue weighted by atomic mass is 10.1. The van der Waals surface area contributed by atoms with Gasteiger partial charge in [0.25, 0.3) is 0 Å². The van der Waals surface area contributed by atoms with E-state index in [0.717, 1.165) is 11.1 Å². The summed E-state index contributed by atoms with van der Waals surface area (Å²) in [4.78, 5) is 13.2. The molecule has 2 N–H and O–H groups in total. The maximum absolute atomic E-state index is 13.3. The Kier molecular flexibility index (Phi) is 6.16. The topological polar surface area (TPSA) is 75.3 Å². The molecule has 0 saturated carbocycles. The minimum absolute atomic E-state index is 0.0194. The van der Waals surface area contributed by atoms with Gasteiger partial charge in [-0.25, -0.2) is 13.2 Å². The monoisotopic (exact) mass is 414 g/mol. The molecule has 146 valence electrons. The van der Waals surface area contributed by atoms with Crippen molar-refractivity contribution in [3.63, 3.8) is 0 Å². The fourth-order valence-corrected chi connectivity index (χ4v) is 5.64. The van der Waals surface area contributed by atoms with E-state index < -0.39 is 21.1 Å². The van der Waals surface area contributed by atoms with Crippen LogP contribution in [0, 0.1) is 13.8 Å². The van der Waals surface area contributed by atoms with E-state index >= 15 is 0 Å². The average molecular weight is 415 g/mol. The van der Waals surface area contributed by atoms with Gasteiger partial charge in [0.05, 0.1) is 4.90 Å².